The minimum atomic E-state index is -0.383. The summed E-state index contributed by atoms with van der Waals surface area (Å²) in [5.41, 5.74) is 0. The normalized spacial score (nSPS) is 15.6. The van der Waals surface area contributed by atoms with Gasteiger partial charge in [-0.3, -0.25) is 14.6 Å². The highest BCUT2D eigenvalue weighted by Gasteiger charge is 2.18. The first-order valence-corrected chi connectivity index (χ1v) is 23.4. The van der Waals surface area contributed by atoms with Crippen molar-refractivity contribution in [3.63, 3.8) is 0 Å². The quantitative estimate of drug-likeness (QED) is 0.0373. The Kier molecular flexibility index (Phi) is 33.6. The van der Waals surface area contributed by atoms with Crippen LogP contribution in [0.15, 0.2) is 0 Å². The van der Waals surface area contributed by atoms with Crippen molar-refractivity contribution in [3.8, 4) is 0 Å². The van der Waals surface area contributed by atoms with E-state index in [1.807, 2.05) is 21.6 Å². The Morgan fingerprint density at radius 2 is 1.12 bits per heavy atom. The summed E-state index contributed by atoms with van der Waals surface area (Å²) >= 11 is 0. The fourth-order valence-electron chi connectivity index (χ4n) is 6.75. The molecule has 1 aliphatic heterocycles. The van der Waals surface area contributed by atoms with E-state index in [0.717, 1.165) is 58.4 Å². The summed E-state index contributed by atoms with van der Waals surface area (Å²) in [4.78, 5) is 19.8. The van der Waals surface area contributed by atoms with E-state index in [-0.39, 0.29) is 18.2 Å². The van der Waals surface area contributed by atoms with Crippen LogP contribution in [0.25, 0.3) is 0 Å². The predicted molar refractivity (Wildman–Crippen MR) is 216 cm³/mol. The van der Waals surface area contributed by atoms with Crippen LogP contribution in [-0.4, -0.2) is 120 Å². The second-order valence-electron chi connectivity index (χ2n) is 14.5. The highest BCUT2D eigenvalue weighted by Crippen LogP contribution is 2.21. The molecule has 1 aliphatic rings. The lowest BCUT2D eigenvalue weighted by atomic mass is 10.0. The number of unbranched alkanes of at least 4 members (excludes halogenated alkanes) is 15. The summed E-state index contributed by atoms with van der Waals surface area (Å²) in [6.45, 7) is 15.4. The molecule has 0 bridgehead atoms. The summed E-state index contributed by atoms with van der Waals surface area (Å²) in [6, 6.07) is 0. The molecular formula is C40H81N3O4S2. The number of nitrogens with zero attached hydrogens (tertiary/aromatic N) is 3. The van der Waals surface area contributed by atoms with Crippen molar-refractivity contribution in [2.24, 2.45) is 0 Å². The van der Waals surface area contributed by atoms with Crippen molar-refractivity contribution in [1.29, 1.82) is 0 Å². The summed E-state index contributed by atoms with van der Waals surface area (Å²) in [5.74, 6) is 2.32. The van der Waals surface area contributed by atoms with Crippen LogP contribution in [0, 0.1) is 0 Å². The van der Waals surface area contributed by atoms with Gasteiger partial charge in [-0.25, -0.2) is 0 Å². The maximum absolute atomic E-state index is 12.6. The minimum Gasteiger partial charge on any atom is -0.464 e. The largest absolute Gasteiger partial charge is 0.464 e. The van der Waals surface area contributed by atoms with Gasteiger partial charge in [0.15, 0.2) is 0 Å². The molecule has 0 saturated carbocycles. The third kappa shape index (κ3) is 30.2. The van der Waals surface area contributed by atoms with Crippen LogP contribution in [-0.2, 0) is 9.53 Å². The molecule has 0 aromatic heterocycles. The van der Waals surface area contributed by atoms with Crippen molar-refractivity contribution in [1.82, 2.24) is 14.7 Å². The fourth-order valence-corrected chi connectivity index (χ4v) is 8.56. The molecule has 0 spiro atoms. The van der Waals surface area contributed by atoms with Gasteiger partial charge in [-0.15, -0.1) is 0 Å². The molecule has 7 nitrogen and oxygen atoms in total. The van der Waals surface area contributed by atoms with E-state index in [0.29, 0.717) is 39.1 Å². The van der Waals surface area contributed by atoms with Crippen molar-refractivity contribution in [2.75, 3.05) is 77.0 Å². The van der Waals surface area contributed by atoms with Crippen LogP contribution >= 0.6 is 21.6 Å². The zero-order valence-electron chi connectivity index (χ0n) is 32.6. The lowest BCUT2D eigenvalue weighted by molar-refractivity contribution is -0.144. The van der Waals surface area contributed by atoms with Gasteiger partial charge in [-0.2, -0.15) is 0 Å². The van der Waals surface area contributed by atoms with Gasteiger partial charge in [0.2, 0.25) is 0 Å². The molecule has 0 amide bonds. The molecule has 292 valence electrons. The average Bonchev–Trinajstić information content (AvgIpc) is 3.09. The number of aliphatic hydroxyl groups is 2. The molecule has 0 aromatic carbocycles. The van der Waals surface area contributed by atoms with E-state index >= 15 is 0 Å². The molecule has 1 rings (SSSR count). The standard InChI is InChI=1S/C40H81N3O4S2/c1-4-7-9-11-13-15-17-19-24-38(44)36-43(37-39(45)25-20-18-16-14-12-10-8-5-2)28-23-26-40(46)47-34-33-42-31-29-41(30-32-42)27-21-22-35-49-48-6-3/h38-39,44-45H,4-37H2,1-3H3. The van der Waals surface area contributed by atoms with E-state index in [4.69, 9.17) is 4.74 Å². The molecule has 2 atom stereocenters. The van der Waals surface area contributed by atoms with E-state index < -0.39 is 0 Å². The molecule has 0 radical (unpaired) electrons. The van der Waals surface area contributed by atoms with Crippen molar-refractivity contribution in [3.05, 3.63) is 0 Å². The number of aliphatic hydroxyl groups excluding tert-OH is 2. The number of carbonyl (C=O) groups is 1. The van der Waals surface area contributed by atoms with E-state index in [9.17, 15) is 15.0 Å². The van der Waals surface area contributed by atoms with Crippen LogP contribution < -0.4 is 0 Å². The molecule has 2 unspecified atom stereocenters. The van der Waals surface area contributed by atoms with Gasteiger partial charge in [-0.05, 0) is 45.2 Å². The van der Waals surface area contributed by atoms with Crippen LogP contribution in [0.5, 0.6) is 0 Å². The molecule has 0 aliphatic carbocycles. The molecular weight excluding hydrogens is 651 g/mol. The second-order valence-corrected chi connectivity index (χ2v) is 17.4. The van der Waals surface area contributed by atoms with Crippen molar-refractivity contribution in [2.45, 2.75) is 174 Å². The SMILES string of the molecule is CCCCCCCCCCC(O)CN(CCCC(=O)OCCN1CCN(CCCCSSCC)CC1)CC(O)CCCCCCCCCC. The molecule has 2 N–H and O–H groups in total. The maximum Gasteiger partial charge on any atom is 0.305 e. The highest BCUT2D eigenvalue weighted by atomic mass is 33.1. The lowest BCUT2D eigenvalue weighted by Gasteiger charge is -2.34. The predicted octanol–water partition coefficient (Wildman–Crippen LogP) is 9.19. The Morgan fingerprint density at radius 3 is 1.63 bits per heavy atom. The Bertz CT molecular complexity index is 687. The summed E-state index contributed by atoms with van der Waals surface area (Å²) in [7, 11) is 3.96. The second kappa shape index (κ2) is 35.0. The topological polar surface area (TPSA) is 76.5 Å². The van der Waals surface area contributed by atoms with Gasteiger partial charge in [0, 0.05) is 63.7 Å². The van der Waals surface area contributed by atoms with Gasteiger partial charge >= 0.3 is 5.97 Å². The molecule has 1 heterocycles. The molecule has 49 heavy (non-hydrogen) atoms. The number of ether oxygens (including phenoxy) is 1. The molecule has 9 heteroatoms. The summed E-state index contributed by atoms with van der Waals surface area (Å²) in [6.07, 6.45) is 24.7. The summed E-state index contributed by atoms with van der Waals surface area (Å²) in [5, 5.41) is 21.7. The first-order chi connectivity index (χ1) is 24.0. The van der Waals surface area contributed by atoms with E-state index in [1.165, 1.54) is 121 Å². The first-order valence-electron chi connectivity index (χ1n) is 20.9. The van der Waals surface area contributed by atoms with Gasteiger partial charge in [0.25, 0.3) is 0 Å². The summed E-state index contributed by atoms with van der Waals surface area (Å²) < 4.78 is 5.63. The number of piperazine rings is 1. The first kappa shape index (κ1) is 47.0. The zero-order valence-corrected chi connectivity index (χ0v) is 34.2. The Morgan fingerprint density at radius 1 is 0.633 bits per heavy atom. The third-order valence-corrected chi connectivity index (χ3v) is 12.4. The highest BCUT2D eigenvalue weighted by molar-refractivity contribution is 8.76. The maximum atomic E-state index is 12.6. The number of hydrogen-bond acceptors (Lipinski definition) is 9. The monoisotopic (exact) mass is 732 g/mol. The van der Waals surface area contributed by atoms with E-state index in [2.05, 4.69) is 35.5 Å². The molecule has 0 aromatic rings. The fraction of sp³-hybridized carbons (Fsp3) is 0.975. The minimum absolute atomic E-state index is 0.128. The molecule has 1 saturated heterocycles. The number of hydrogen-bond donors (Lipinski definition) is 2. The Balaban J connectivity index is 2.30. The Labute approximate surface area is 312 Å². The van der Waals surface area contributed by atoms with Gasteiger partial charge in [-0.1, -0.05) is 145 Å². The van der Waals surface area contributed by atoms with Crippen molar-refractivity contribution < 1.29 is 19.7 Å². The average molecular weight is 732 g/mol. The number of rotatable bonds is 36. The zero-order chi connectivity index (χ0) is 35.6. The number of esters is 1. The smallest absolute Gasteiger partial charge is 0.305 e. The third-order valence-electron chi connectivity index (χ3n) is 9.86. The van der Waals surface area contributed by atoms with Crippen LogP contribution in [0.1, 0.15) is 162 Å². The van der Waals surface area contributed by atoms with Crippen LogP contribution in [0.4, 0.5) is 0 Å². The van der Waals surface area contributed by atoms with Gasteiger partial charge < -0.3 is 19.8 Å². The van der Waals surface area contributed by atoms with Crippen molar-refractivity contribution >= 4 is 27.6 Å². The molecule has 1 fully saturated rings. The van der Waals surface area contributed by atoms with E-state index in [1.54, 1.807) is 0 Å². The Hall–Kier alpha value is -0.0300. The van der Waals surface area contributed by atoms with Crippen LogP contribution in [0.2, 0.25) is 0 Å². The number of carbonyl (C=O) groups excluding carboxylic acids is 1. The lowest BCUT2D eigenvalue weighted by Crippen LogP contribution is -2.47. The van der Waals surface area contributed by atoms with Crippen LogP contribution in [0.3, 0.4) is 0 Å². The van der Waals surface area contributed by atoms with Gasteiger partial charge in [0.05, 0.1) is 12.2 Å². The van der Waals surface area contributed by atoms with Gasteiger partial charge in [0.1, 0.15) is 6.61 Å².